The summed E-state index contributed by atoms with van der Waals surface area (Å²) in [5.41, 5.74) is 2.96. The maximum Gasteiger partial charge on any atom is 0.0915 e. The standard InChI is InChI=1S/C8H17NO3S/c1-11-4-5-12-9-8-2-6-13(10)7-3-8/h8-9H,2-7H2,1H3. The number of hydroxylamine groups is 1. The zero-order chi connectivity index (χ0) is 9.52. The molecule has 1 heterocycles. The van der Waals surface area contributed by atoms with Gasteiger partial charge in [0.25, 0.3) is 0 Å². The fraction of sp³-hybridized carbons (Fsp3) is 1.00. The summed E-state index contributed by atoms with van der Waals surface area (Å²) in [6, 6.07) is 0.370. The van der Waals surface area contributed by atoms with Crippen LogP contribution in [0.15, 0.2) is 0 Å². The van der Waals surface area contributed by atoms with Gasteiger partial charge in [-0.05, 0) is 12.8 Å². The molecule has 1 fully saturated rings. The molecule has 0 aromatic heterocycles. The average molecular weight is 207 g/mol. The summed E-state index contributed by atoms with van der Waals surface area (Å²) in [4.78, 5) is 5.17. The molecule has 4 nitrogen and oxygen atoms in total. The van der Waals surface area contributed by atoms with Gasteiger partial charge in [0.05, 0.1) is 13.2 Å². The molecule has 0 aliphatic carbocycles. The smallest absolute Gasteiger partial charge is 0.0915 e. The van der Waals surface area contributed by atoms with E-state index in [9.17, 15) is 4.21 Å². The van der Waals surface area contributed by atoms with Gasteiger partial charge in [-0.15, -0.1) is 0 Å². The van der Waals surface area contributed by atoms with E-state index in [-0.39, 0.29) is 0 Å². The Morgan fingerprint density at radius 2 is 2.08 bits per heavy atom. The Morgan fingerprint density at radius 1 is 1.38 bits per heavy atom. The van der Waals surface area contributed by atoms with Crippen molar-refractivity contribution in [3.8, 4) is 0 Å². The van der Waals surface area contributed by atoms with Gasteiger partial charge in [0, 0.05) is 35.5 Å². The van der Waals surface area contributed by atoms with E-state index >= 15 is 0 Å². The summed E-state index contributed by atoms with van der Waals surface area (Å²) in [7, 11) is 1.06. The highest BCUT2D eigenvalue weighted by molar-refractivity contribution is 7.85. The van der Waals surface area contributed by atoms with Crippen molar-refractivity contribution in [3.05, 3.63) is 0 Å². The zero-order valence-electron chi connectivity index (χ0n) is 7.95. The molecule has 0 aromatic carbocycles. The predicted octanol–water partition coefficient (Wildman–Crippen LogP) is 0.0651. The molecule has 0 amide bonds. The molecule has 0 atom stereocenters. The van der Waals surface area contributed by atoms with Crippen LogP contribution in [0.25, 0.3) is 0 Å². The number of ether oxygens (including phenoxy) is 1. The van der Waals surface area contributed by atoms with Crippen LogP contribution in [0.5, 0.6) is 0 Å². The van der Waals surface area contributed by atoms with E-state index in [1.54, 1.807) is 7.11 Å². The summed E-state index contributed by atoms with van der Waals surface area (Å²) in [5.74, 6) is 1.59. The fourth-order valence-electron chi connectivity index (χ4n) is 1.21. The minimum absolute atomic E-state index is 0.370. The maximum absolute atomic E-state index is 11.0. The van der Waals surface area contributed by atoms with Crippen LogP contribution in [0.4, 0.5) is 0 Å². The van der Waals surface area contributed by atoms with E-state index < -0.39 is 10.8 Å². The second kappa shape index (κ2) is 6.48. The molecule has 13 heavy (non-hydrogen) atoms. The van der Waals surface area contributed by atoms with Crippen LogP contribution in [0, 0.1) is 0 Å². The molecular weight excluding hydrogens is 190 g/mol. The summed E-state index contributed by atoms with van der Waals surface area (Å²) in [6.07, 6.45) is 1.89. The van der Waals surface area contributed by atoms with Crippen molar-refractivity contribution in [2.45, 2.75) is 18.9 Å². The van der Waals surface area contributed by atoms with Crippen molar-refractivity contribution in [2.75, 3.05) is 31.8 Å². The third-order valence-corrected chi connectivity index (χ3v) is 3.41. The lowest BCUT2D eigenvalue weighted by Gasteiger charge is -2.21. The summed E-state index contributed by atoms with van der Waals surface area (Å²) >= 11 is 0. The number of methoxy groups -OCH3 is 1. The third kappa shape index (κ3) is 4.71. The Kier molecular flexibility index (Phi) is 5.54. The van der Waals surface area contributed by atoms with Crippen molar-refractivity contribution in [3.63, 3.8) is 0 Å². The van der Waals surface area contributed by atoms with Crippen molar-refractivity contribution in [2.24, 2.45) is 0 Å². The second-order valence-electron chi connectivity index (χ2n) is 3.08. The molecule has 78 valence electrons. The molecule has 0 radical (unpaired) electrons. The van der Waals surface area contributed by atoms with Crippen LogP contribution in [-0.4, -0.2) is 42.1 Å². The molecule has 0 unspecified atom stereocenters. The quantitative estimate of drug-likeness (QED) is 0.512. The molecule has 1 aliphatic rings. The normalized spacial score (nSPS) is 29.0. The van der Waals surface area contributed by atoms with Gasteiger partial charge >= 0.3 is 0 Å². The first-order valence-electron chi connectivity index (χ1n) is 4.54. The van der Waals surface area contributed by atoms with Crippen LogP contribution in [0.3, 0.4) is 0 Å². The number of hydrogen-bond acceptors (Lipinski definition) is 4. The van der Waals surface area contributed by atoms with Gasteiger partial charge in [-0.1, -0.05) is 0 Å². The number of nitrogens with one attached hydrogen (secondary N) is 1. The van der Waals surface area contributed by atoms with E-state index in [0.717, 1.165) is 24.3 Å². The van der Waals surface area contributed by atoms with Gasteiger partial charge in [-0.2, -0.15) is 5.48 Å². The van der Waals surface area contributed by atoms with Crippen molar-refractivity contribution >= 4 is 10.8 Å². The summed E-state index contributed by atoms with van der Waals surface area (Å²) in [5, 5.41) is 0. The zero-order valence-corrected chi connectivity index (χ0v) is 8.77. The summed E-state index contributed by atoms with van der Waals surface area (Å²) < 4.78 is 15.8. The minimum Gasteiger partial charge on any atom is -0.382 e. The van der Waals surface area contributed by atoms with E-state index in [4.69, 9.17) is 9.57 Å². The van der Waals surface area contributed by atoms with E-state index in [1.165, 1.54) is 0 Å². The van der Waals surface area contributed by atoms with E-state index in [2.05, 4.69) is 5.48 Å². The van der Waals surface area contributed by atoms with Crippen LogP contribution >= 0.6 is 0 Å². The first-order valence-corrected chi connectivity index (χ1v) is 6.03. The highest BCUT2D eigenvalue weighted by Gasteiger charge is 2.17. The molecule has 1 N–H and O–H groups in total. The highest BCUT2D eigenvalue weighted by atomic mass is 32.2. The van der Waals surface area contributed by atoms with Crippen molar-refractivity contribution in [1.82, 2.24) is 5.48 Å². The SMILES string of the molecule is COCCONC1CCS(=O)CC1. The minimum atomic E-state index is -0.590. The largest absolute Gasteiger partial charge is 0.382 e. The van der Waals surface area contributed by atoms with E-state index in [0.29, 0.717) is 19.3 Å². The lowest BCUT2D eigenvalue weighted by Crippen LogP contribution is -2.36. The lowest BCUT2D eigenvalue weighted by atomic mass is 10.2. The molecule has 1 rings (SSSR count). The maximum atomic E-state index is 11.0. The second-order valence-corrected chi connectivity index (χ2v) is 4.78. The van der Waals surface area contributed by atoms with Crippen molar-refractivity contribution < 1.29 is 13.8 Å². The number of rotatable bonds is 5. The van der Waals surface area contributed by atoms with Gasteiger partial charge in [0.15, 0.2) is 0 Å². The molecule has 1 aliphatic heterocycles. The first-order chi connectivity index (χ1) is 6.33. The monoisotopic (exact) mass is 207 g/mol. The van der Waals surface area contributed by atoms with Crippen LogP contribution in [0.1, 0.15) is 12.8 Å². The third-order valence-electron chi connectivity index (χ3n) is 2.03. The van der Waals surface area contributed by atoms with Crippen LogP contribution in [-0.2, 0) is 20.4 Å². The molecule has 0 saturated carbocycles. The molecule has 5 heteroatoms. The van der Waals surface area contributed by atoms with Crippen LogP contribution in [0.2, 0.25) is 0 Å². The molecule has 0 aromatic rings. The fourth-order valence-corrected chi connectivity index (χ4v) is 2.51. The Morgan fingerprint density at radius 3 is 2.69 bits per heavy atom. The first kappa shape index (κ1) is 11.1. The van der Waals surface area contributed by atoms with Gasteiger partial charge in [0.2, 0.25) is 0 Å². The molecule has 0 spiro atoms. The van der Waals surface area contributed by atoms with Crippen molar-refractivity contribution in [1.29, 1.82) is 0 Å². The van der Waals surface area contributed by atoms with Gasteiger partial charge in [0.1, 0.15) is 0 Å². The topological polar surface area (TPSA) is 47.6 Å². The van der Waals surface area contributed by atoms with E-state index in [1.807, 2.05) is 0 Å². The lowest BCUT2D eigenvalue weighted by molar-refractivity contribution is -0.0133. The highest BCUT2D eigenvalue weighted by Crippen LogP contribution is 2.08. The molecular formula is C8H17NO3S. The molecule has 1 saturated heterocycles. The summed E-state index contributed by atoms with van der Waals surface area (Å²) in [6.45, 7) is 1.17. The van der Waals surface area contributed by atoms with Gasteiger partial charge in [-0.3, -0.25) is 9.05 Å². The Labute approximate surface area is 81.4 Å². The van der Waals surface area contributed by atoms with Crippen LogP contribution < -0.4 is 5.48 Å². The Bertz CT molecular complexity index is 155. The van der Waals surface area contributed by atoms with Gasteiger partial charge < -0.3 is 4.74 Å². The molecule has 0 bridgehead atoms. The average Bonchev–Trinajstić information content (AvgIpc) is 2.15. The Hall–Kier alpha value is 0.0300. The predicted molar refractivity (Wildman–Crippen MR) is 51.9 cm³/mol. The number of hydrogen-bond donors (Lipinski definition) is 1. The van der Waals surface area contributed by atoms with Gasteiger partial charge in [-0.25, -0.2) is 0 Å². The Balaban J connectivity index is 1.99.